The van der Waals surface area contributed by atoms with Gasteiger partial charge in [0.1, 0.15) is 0 Å². The molecule has 3 amide bonds. The Labute approximate surface area is 175 Å². The second-order valence-electron chi connectivity index (χ2n) is 7.10. The Hall–Kier alpha value is -3.61. The van der Waals surface area contributed by atoms with Gasteiger partial charge in [0.25, 0.3) is 5.91 Å². The van der Waals surface area contributed by atoms with Gasteiger partial charge >= 0.3 is 12.0 Å². The number of aryl methyl sites for hydroxylation is 1. The maximum Gasteiger partial charge on any atom is 0.338 e. The number of hydrogen-bond donors (Lipinski definition) is 2. The summed E-state index contributed by atoms with van der Waals surface area (Å²) in [7, 11) is 1.60. The number of esters is 1. The van der Waals surface area contributed by atoms with Crippen LogP contribution >= 0.6 is 0 Å². The zero-order valence-corrected chi connectivity index (χ0v) is 17.5. The van der Waals surface area contributed by atoms with Gasteiger partial charge in [0.15, 0.2) is 0 Å². The van der Waals surface area contributed by atoms with Gasteiger partial charge in [-0.3, -0.25) is 4.79 Å². The van der Waals surface area contributed by atoms with Crippen molar-refractivity contribution >= 4 is 23.6 Å². The molecule has 0 radical (unpaired) electrons. The molecule has 0 saturated heterocycles. The fourth-order valence-electron chi connectivity index (χ4n) is 3.23. The zero-order valence-electron chi connectivity index (χ0n) is 17.5. The van der Waals surface area contributed by atoms with Crippen molar-refractivity contribution in [1.29, 1.82) is 0 Å². The van der Waals surface area contributed by atoms with E-state index in [9.17, 15) is 14.4 Å². The molecule has 0 unspecified atom stereocenters. The van der Waals surface area contributed by atoms with Crippen molar-refractivity contribution < 1.29 is 19.1 Å². The predicted octanol–water partition coefficient (Wildman–Crippen LogP) is 3.78. The third-order valence-corrected chi connectivity index (χ3v) is 5.07. The Morgan fingerprint density at radius 2 is 1.70 bits per heavy atom. The van der Waals surface area contributed by atoms with Crippen LogP contribution in [0.5, 0.6) is 0 Å². The predicted molar refractivity (Wildman–Crippen MR) is 114 cm³/mol. The summed E-state index contributed by atoms with van der Waals surface area (Å²) >= 11 is 0. The van der Waals surface area contributed by atoms with Crippen LogP contribution in [0.15, 0.2) is 59.8 Å². The first-order valence-corrected chi connectivity index (χ1v) is 9.72. The number of ether oxygens (including phenoxy) is 1. The smallest absolute Gasteiger partial charge is 0.338 e. The number of rotatable bonds is 5. The SMILES string of the molecule is CCOC(=O)C1=C(C)N(C)C(=O)N[C@@H]1c1ccc(NC(=O)c2ccc(C)cc2)cc1. The van der Waals surface area contributed by atoms with Gasteiger partial charge in [-0.1, -0.05) is 29.8 Å². The van der Waals surface area contributed by atoms with Gasteiger partial charge in [0, 0.05) is 24.0 Å². The second kappa shape index (κ2) is 8.82. The molecule has 7 heteroatoms. The van der Waals surface area contributed by atoms with Crippen molar-refractivity contribution in [2.45, 2.75) is 26.8 Å². The van der Waals surface area contributed by atoms with E-state index in [1.807, 2.05) is 19.1 Å². The number of carbonyl (C=O) groups excluding carboxylic acids is 3. The molecular formula is C23H25N3O4. The molecule has 0 aromatic heterocycles. The number of amides is 3. The Kier molecular flexibility index (Phi) is 6.20. The van der Waals surface area contributed by atoms with Crippen LogP contribution in [0.1, 0.15) is 41.4 Å². The van der Waals surface area contributed by atoms with Crippen molar-refractivity contribution in [2.75, 3.05) is 19.0 Å². The van der Waals surface area contributed by atoms with Crippen molar-refractivity contribution in [1.82, 2.24) is 10.2 Å². The number of allylic oxidation sites excluding steroid dienone is 1. The molecule has 2 aromatic rings. The monoisotopic (exact) mass is 407 g/mol. The van der Waals surface area contributed by atoms with Gasteiger partial charge < -0.3 is 20.3 Å². The summed E-state index contributed by atoms with van der Waals surface area (Å²) in [5.74, 6) is -0.679. The molecule has 7 nitrogen and oxygen atoms in total. The normalized spacial score (nSPS) is 16.2. The highest BCUT2D eigenvalue weighted by Crippen LogP contribution is 2.31. The minimum Gasteiger partial charge on any atom is -0.463 e. The first-order valence-electron chi connectivity index (χ1n) is 9.72. The summed E-state index contributed by atoms with van der Waals surface area (Å²) in [6.07, 6.45) is 0. The van der Waals surface area contributed by atoms with Gasteiger partial charge in [0.2, 0.25) is 0 Å². The van der Waals surface area contributed by atoms with Gasteiger partial charge in [-0.25, -0.2) is 9.59 Å². The first kappa shape index (κ1) is 21.1. The van der Waals surface area contributed by atoms with E-state index in [1.54, 1.807) is 57.3 Å². The molecule has 1 heterocycles. The number of carbonyl (C=O) groups is 3. The van der Waals surface area contributed by atoms with Gasteiger partial charge in [-0.2, -0.15) is 0 Å². The highest BCUT2D eigenvalue weighted by atomic mass is 16.5. The number of nitrogens with one attached hydrogen (secondary N) is 2. The largest absolute Gasteiger partial charge is 0.463 e. The van der Waals surface area contributed by atoms with Gasteiger partial charge in [0.05, 0.1) is 18.2 Å². The molecule has 0 saturated carbocycles. The summed E-state index contributed by atoms with van der Waals surface area (Å²) in [5, 5.41) is 5.68. The van der Waals surface area contributed by atoms with Crippen LogP contribution < -0.4 is 10.6 Å². The van der Waals surface area contributed by atoms with Crippen molar-refractivity contribution in [3.63, 3.8) is 0 Å². The quantitative estimate of drug-likeness (QED) is 0.739. The first-order chi connectivity index (χ1) is 14.3. The van der Waals surface area contributed by atoms with Gasteiger partial charge in [-0.15, -0.1) is 0 Å². The van der Waals surface area contributed by atoms with E-state index in [2.05, 4.69) is 10.6 Å². The lowest BCUT2D eigenvalue weighted by Crippen LogP contribution is -2.46. The molecule has 2 aromatic carbocycles. The Morgan fingerprint density at radius 3 is 2.30 bits per heavy atom. The molecule has 0 bridgehead atoms. The fourth-order valence-corrected chi connectivity index (χ4v) is 3.23. The van der Waals surface area contributed by atoms with Crippen LogP contribution in [0, 0.1) is 6.92 Å². The molecule has 1 aliphatic heterocycles. The van der Waals surface area contributed by atoms with Crippen LogP contribution in [-0.4, -0.2) is 36.5 Å². The summed E-state index contributed by atoms with van der Waals surface area (Å²) in [5.41, 5.74) is 3.90. The van der Waals surface area contributed by atoms with Crippen molar-refractivity contribution in [3.8, 4) is 0 Å². The van der Waals surface area contributed by atoms with E-state index in [1.165, 1.54) is 4.90 Å². The standard InChI is InChI=1S/C23H25N3O4/c1-5-30-22(28)19-15(3)26(4)23(29)25-20(19)16-10-12-18(13-11-16)24-21(27)17-8-6-14(2)7-9-17/h6-13,20H,5H2,1-4H3,(H,24,27)(H,25,29)/t20-/m1/s1. The molecule has 1 atom stereocenters. The number of nitrogens with zero attached hydrogens (tertiary/aromatic N) is 1. The van der Waals surface area contributed by atoms with Crippen LogP contribution in [0.25, 0.3) is 0 Å². The van der Waals surface area contributed by atoms with E-state index < -0.39 is 12.0 Å². The highest BCUT2D eigenvalue weighted by molar-refractivity contribution is 6.04. The zero-order chi connectivity index (χ0) is 21.8. The Balaban J connectivity index is 1.83. The van der Waals surface area contributed by atoms with Crippen molar-refractivity contribution in [2.24, 2.45) is 0 Å². The minimum absolute atomic E-state index is 0.210. The second-order valence-corrected chi connectivity index (χ2v) is 7.10. The Bertz CT molecular complexity index is 994. The van der Waals surface area contributed by atoms with E-state index in [0.29, 0.717) is 28.1 Å². The third kappa shape index (κ3) is 4.35. The molecule has 0 fully saturated rings. The van der Waals surface area contributed by atoms with E-state index >= 15 is 0 Å². The maximum atomic E-state index is 12.5. The van der Waals surface area contributed by atoms with Crippen molar-refractivity contribution in [3.05, 3.63) is 76.5 Å². The average Bonchev–Trinajstić information content (AvgIpc) is 2.73. The van der Waals surface area contributed by atoms with E-state index in [4.69, 9.17) is 4.74 Å². The van der Waals surface area contributed by atoms with Crippen LogP contribution in [0.2, 0.25) is 0 Å². The summed E-state index contributed by atoms with van der Waals surface area (Å²) in [4.78, 5) is 38.6. The van der Waals surface area contributed by atoms with Crippen LogP contribution in [0.3, 0.4) is 0 Å². The lowest BCUT2D eigenvalue weighted by molar-refractivity contribution is -0.139. The van der Waals surface area contributed by atoms with E-state index in [-0.39, 0.29) is 18.5 Å². The lowest BCUT2D eigenvalue weighted by atomic mass is 9.95. The maximum absolute atomic E-state index is 12.5. The van der Waals surface area contributed by atoms with Crippen LogP contribution in [0.4, 0.5) is 10.5 Å². The number of urea groups is 1. The topological polar surface area (TPSA) is 87.7 Å². The summed E-state index contributed by atoms with van der Waals surface area (Å²) < 4.78 is 5.19. The number of hydrogen-bond acceptors (Lipinski definition) is 4. The molecule has 0 aliphatic carbocycles. The fraction of sp³-hybridized carbons (Fsp3) is 0.261. The summed E-state index contributed by atoms with van der Waals surface area (Å²) in [6, 6.07) is 13.4. The van der Waals surface area contributed by atoms with Gasteiger partial charge in [-0.05, 0) is 50.6 Å². The molecule has 0 spiro atoms. The molecule has 156 valence electrons. The van der Waals surface area contributed by atoms with Crippen LogP contribution in [-0.2, 0) is 9.53 Å². The number of anilines is 1. The molecule has 1 aliphatic rings. The summed E-state index contributed by atoms with van der Waals surface area (Å²) in [6.45, 7) is 5.65. The lowest BCUT2D eigenvalue weighted by Gasteiger charge is -2.33. The average molecular weight is 407 g/mol. The van der Waals surface area contributed by atoms with E-state index in [0.717, 1.165) is 5.56 Å². The molecular weight excluding hydrogens is 382 g/mol. The number of benzene rings is 2. The minimum atomic E-state index is -0.630. The Morgan fingerprint density at radius 1 is 1.07 bits per heavy atom. The molecule has 3 rings (SSSR count). The molecule has 30 heavy (non-hydrogen) atoms. The highest BCUT2D eigenvalue weighted by Gasteiger charge is 2.34. The molecule has 2 N–H and O–H groups in total. The third-order valence-electron chi connectivity index (χ3n) is 5.07.